The van der Waals surface area contributed by atoms with Gasteiger partial charge >= 0.3 is 11.9 Å². The Labute approximate surface area is 246 Å². The minimum absolute atomic E-state index is 0.0121. The van der Waals surface area contributed by atoms with Crippen LogP contribution in [0.5, 0.6) is 0 Å². The number of esters is 2. The Morgan fingerprint density at radius 2 is 1.54 bits per heavy atom. The molecule has 1 saturated carbocycles. The summed E-state index contributed by atoms with van der Waals surface area (Å²) in [5.41, 5.74) is 15.5. The van der Waals surface area contributed by atoms with E-state index in [9.17, 15) is 9.59 Å². The van der Waals surface area contributed by atoms with E-state index in [1.807, 2.05) is 24.3 Å². The maximum Gasteiger partial charge on any atom is 0.338 e. The zero-order valence-electron chi connectivity index (χ0n) is 25.1. The lowest BCUT2D eigenvalue weighted by atomic mass is 9.84. The van der Waals surface area contributed by atoms with Gasteiger partial charge in [0.15, 0.2) is 0 Å². The number of ether oxygens (including phenoxy) is 2. The molecular weight excluding hydrogens is 512 g/mol. The third-order valence-electron chi connectivity index (χ3n) is 8.15. The van der Waals surface area contributed by atoms with Crippen LogP contribution in [-0.2, 0) is 14.3 Å². The predicted octanol–water partition coefficient (Wildman–Crippen LogP) is 8.46. The summed E-state index contributed by atoms with van der Waals surface area (Å²) in [6, 6.07) is 12.6. The summed E-state index contributed by atoms with van der Waals surface area (Å²) in [6.07, 6.45) is 18.2. The van der Waals surface area contributed by atoms with E-state index in [0.717, 1.165) is 62.0 Å². The topological polar surface area (TPSA) is 105 Å². The molecule has 0 heterocycles. The molecule has 0 bridgehead atoms. The van der Waals surface area contributed by atoms with Gasteiger partial charge in [0.2, 0.25) is 0 Å². The van der Waals surface area contributed by atoms with E-state index in [1.165, 1.54) is 44.6 Å². The molecule has 1 atom stereocenters. The van der Waals surface area contributed by atoms with E-state index < -0.39 is 5.97 Å². The number of carbonyl (C=O) groups is 2. The Balaban J connectivity index is 1.42. The zero-order chi connectivity index (χ0) is 29.5. The maximum absolute atomic E-state index is 12.7. The lowest BCUT2D eigenvalue weighted by Crippen LogP contribution is -2.24. The summed E-state index contributed by atoms with van der Waals surface area (Å²) >= 11 is 0. The number of hydrogen-bond donors (Lipinski definition) is 2. The second-order valence-electron chi connectivity index (χ2n) is 11.6. The molecule has 1 aliphatic rings. The smallest absolute Gasteiger partial charge is 0.338 e. The van der Waals surface area contributed by atoms with Gasteiger partial charge in [-0.25, -0.2) is 9.59 Å². The highest BCUT2D eigenvalue weighted by Gasteiger charge is 2.24. The fraction of sp³-hybridized carbons (Fsp3) is 0.543. The molecule has 224 valence electrons. The van der Waals surface area contributed by atoms with Gasteiger partial charge in [0.1, 0.15) is 6.10 Å². The van der Waals surface area contributed by atoms with Gasteiger partial charge in [-0.05, 0) is 85.6 Å². The molecule has 1 fully saturated rings. The highest BCUT2D eigenvalue weighted by atomic mass is 16.5. The molecule has 1 aliphatic carbocycles. The van der Waals surface area contributed by atoms with Gasteiger partial charge in [-0.2, -0.15) is 0 Å². The third kappa shape index (κ3) is 11.6. The zero-order valence-corrected chi connectivity index (χ0v) is 25.1. The van der Waals surface area contributed by atoms with Gasteiger partial charge in [-0.1, -0.05) is 77.3 Å². The Morgan fingerprint density at radius 1 is 0.878 bits per heavy atom. The predicted molar refractivity (Wildman–Crippen MR) is 169 cm³/mol. The number of carbonyl (C=O) groups excluding carboxylic acids is 2. The number of nitrogens with two attached hydrogens (primary N) is 2. The largest absolute Gasteiger partial charge is 0.462 e. The van der Waals surface area contributed by atoms with Crippen LogP contribution in [-0.4, -0.2) is 24.6 Å². The fourth-order valence-electron chi connectivity index (χ4n) is 5.65. The van der Waals surface area contributed by atoms with E-state index in [-0.39, 0.29) is 24.6 Å². The van der Waals surface area contributed by atoms with Crippen molar-refractivity contribution in [2.45, 2.75) is 109 Å². The van der Waals surface area contributed by atoms with Gasteiger partial charge in [0, 0.05) is 23.4 Å². The molecule has 0 spiro atoms. The molecule has 41 heavy (non-hydrogen) atoms. The fourth-order valence-corrected chi connectivity index (χ4v) is 5.65. The van der Waals surface area contributed by atoms with Crippen molar-refractivity contribution in [2.75, 3.05) is 18.1 Å². The summed E-state index contributed by atoms with van der Waals surface area (Å²) in [6.45, 7) is 4.64. The molecule has 0 amide bonds. The number of hydrogen-bond acceptors (Lipinski definition) is 6. The molecule has 6 heteroatoms. The van der Waals surface area contributed by atoms with Crippen molar-refractivity contribution in [3.8, 4) is 0 Å². The molecule has 0 saturated heterocycles. The van der Waals surface area contributed by atoms with Crippen LogP contribution in [0.2, 0.25) is 0 Å². The summed E-state index contributed by atoms with van der Waals surface area (Å²) < 4.78 is 11.4. The van der Waals surface area contributed by atoms with Crippen molar-refractivity contribution in [3.05, 3.63) is 65.2 Å². The molecule has 2 aromatic rings. The summed E-state index contributed by atoms with van der Waals surface area (Å²) in [5.74, 6) is 0.128. The molecule has 4 N–H and O–H groups in total. The number of nitrogen functional groups attached to an aromatic ring is 2. The first-order valence-electron chi connectivity index (χ1n) is 15.7. The Hall–Kier alpha value is -3.28. The number of benzene rings is 2. The molecule has 6 nitrogen and oxygen atoms in total. The van der Waals surface area contributed by atoms with Crippen LogP contribution in [0, 0.1) is 5.92 Å². The van der Waals surface area contributed by atoms with Crippen LogP contribution in [0.1, 0.15) is 125 Å². The van der Waals surface area contributed by atoms with Crippen molar-refractivity contribution >= 4 is 29.4 Å². The van der Waals surface area contributed by atoms with Crippen LogP contribution in [0.4, 0.5) is 11.4 Å². The summed E-state index contributed by atoms with van der Waals surface area (Å²) in [5, 5.41) is 0. The molecular formula is C35H50N2O4. The van der Waals surface area contributed by atoms with Crippen molar-refractivity contribution in [1.82, 2.24) is 0 Å². The molecule has 3 rings (SSSR count). The SMILES string of the molecule is CCCCCCCC1CCC(OC(=O)c2ccc(C=CC(=O)OCC(CCCC)c3cc(N)cc(N)c3)cc2)CC1. The van der Waals surface area contributed by atoms with Crippen molar-refractivity contribution in [3.63, 3.8) is 0 Å². The van der Waals surface area contributed by atoms with Crippen LogP contribution >= 0.6 is 0 Å². The van der Waals surface area contributed by atoms with Gasteiger partial charge in [0.05, 0.1) is 12.2 Å². The van der Waals surface area contributed by atoms with Gasteiger partial charge in [-0.3, -0.25) is 0 Å². The third-order valence-corrected chi connectivity index (χ3v) is 8.15. The first-order chi connectivity index (χ1) is 19.9. The first kappa shape index (κ1) is 32.2. The quantitative estimate of drug-likeness (QED) is 0.0920. The molecule has 0 aliphatic heterocycles. The van der Waals surface area contributed by atoms with Gasteiger partial charge in [0.25, 0.3) is 0 Å². The highest BCUT2D eigenvalue weighted by Crippen LogP contribution is 2.31. The Morgan fingerprint density at radius 3 is 2.20 bits per heavy atom. The number of anilines is 2. The summed E-state index contributed by atoms with van der Waals surface area (Å²) in [4.78, 5) is 25.1. The molecule has 0 radical (unpaired) electrons. The summed E-state index contributed by atoms with van der Waals surface area (Å²) in [7, 11) is 0. The average Bonchev–Trinajstić information content (AvgIpc) is 2.96. The van der Waals surface area contributed by atoms with Gasteiger partial charge in [-0.15, -0.1) is 0 Å². The number of unbranched alkanes of at least 4 members (excludes halogenated alkanes) is 5. The Kier molecular flexibility index (Phi) is 13.8. The highest BCUT2D eigenvalue weighted by molar-refractivity contribution is 5.90. The van der Waals surface area contributed by atoms with E-state index in [1.54, 1.807) is 24.3 Å². The lowest BCUT2D eigenvalue weighted by molar-refractivity contribution is -0.138. The van der Waals surface area contributed by atoms with Crippen molar-refractivity contribution in [2.24, 2.45) is 5.92 Å². The molecule has 1 unspecified atom stereocenters. The first-order valence-corrected chi connectivity index (χ1v) is 15.7. The van der Waals surface area contributed by atoms with E-state index in [4.69, 9.17) is 20.9 Å². The minimum atomic E-state index is -0.413. The van der Waals surface area contributed by atoms with E-state index >= 15 is 0 Å². The minimum Gasteiger partial charge on any atom is -0.462 e. The monoisotopic (exact) mass is 562 g/mol. The van der Waals surface area contributed by atoms with Crippen LogP contribution in [0.3, 0.4) is 0 Å². The van der Waals surface area contributed by atoms with Gasteiger partial charge < -0.3 is 20.9 Å². The standard InChI is InChI=1S/C35H50N2O4/c1-3-5-7-8-9-10-26-14-19-33(20-15-26)41-35(39)28-17-12-27(13-18-28)16-21-34(38)40-25-29(11-6-4-2)30-22-31(36)24-32(37)23-30/h12-13,16-18,21-24,26,29,33H,3-11,14-15,19-20,25,36-37H2,1-2H3. The number of rotatable bonds is 16. The van der Waals surface area contributed by atoms with E-state index in [2.05, 4.69) is 13.8 Å². The van der Waals surface area contributed by atoms with E-state index in [0.29, 0.717) is 16.9 Å². The van der Waals surface area contributed by atoms with Crippen LogP contribution in [0.15, 0.2) is 48.5 Å². The van der Waals surface area contributed by atoms with Crippen molar-refractivity contribution in [1.29, 1.82) is 0 Å². The second-order valence-corrected chi connectivity index (χ2v) is 11.6. The Bertz CT molecular complexity index is 1080. The second kappa shape index (κ2) is 17.5. The van der Waals surface area contributed by atoms with Crippen LogP contribution < -0.4 is 11.5 Å². The lowest BCUT2D eigenvalue weighted by Gasteiger charge is -2.28. The van der Waals surface area contributed by atoms with Crippen molar-refractivity contribution < 1.29 is 19.1 Å². The molecule has 0 aromatic heterocycles. The maximum atomic E-state index is 12.7. The average molecular weight is 563 g/mol. The molecule has 2 aromatic carbocycles. The van der Waals surface area contributed by atoms with Crippen LogP contribution in [0.25, 0.3) is 6.08 Å². The normalized spacial score (nSPS) is 17.8.